The van der Waals surface area contributed by atoms with Crippen LogP contribution in [0.5, 0.6) is 0 Å². The van der Waals surface area contributed by atoms with Gasteiger partial charge < -0.3 is 4.57 Å². The first-order valence-electron chi connectivity index (χ1n) is 8.20. The van der Waals surface area contributed by atoms with Crippen LogP contribution in [0.3, 0.4) is 0 Å². The van der Waals surface area contributed by atoms with Gasteiger partial charge >= 0.3 is 0 Å². The van der Waals surface area contributed by atoms with Gasteiger partial charge in [0.1, 0.15) is 0 Å². The molecule has 1 aliphatic carbocycles. The molecule has 0 bridgehead atoms. The SMILES string of the molecule is Cn1c2ccccc2c2cc3c(cc21)-c1ccccc1C3(C)C. The molecule has 0 amide bonds. The Balaban J connectivity index is 1.98. The first-order chi connectivity index (χ1) is 11.1. The van der Waals surface area contributed by atoms with Gasteiger partial charge in [0.2, 0.25) is 0 Å². The predicted octanol–water partition coefficient (Wildman–Crippen LogP) is 5.64. The number of benzene rings is 3. The van der Waals surface area contributed by atoms with Gasteiger partial charge in [-0.15, -0.1) is 0 Å². The molecule has 5 rings (SSSR count). The van der Waals surface area contributed by atoms with Crippen molar-refractivity contribution in [1.29, 1.82) is 0 Å². The van der Waals surface area contributed by atoms with Crippen LogP contribution in [0.15, 0.2) is 60.7 Å². The fraction of sp³-hybridized carbons (Fsp3) is 0.182. The average Bonchev–Trinajstić information content (AvgIpc) is 2.98. The summed E-state index contributed by atoms with van der Waals surface area (Å²) in [7, 11) is 2.17. The highest BCUT2D eigenvalue weighted by Gasteiger charge is 2.35. The maximum absolute atomic E-state index is 2.42. The smallest absolute Gasteiger partial charge is 0.0495 e. The normalized spacial score (nSPS) is 15.1. The average molecular weight is 297 g/mol. The quantitative estimate of drug-likeness (QED) is 0.396. The van der Waals surface area contributed by atoms with Gasteiger partial charge in [-0.05, 0) is 40.5 Å². The van der Waals surface area contributed by atoms with E-state index in [0.717, 1.165) is 0 Å². The largest absolute Gasteiger partial charge is 0.344 e. The number of aryl methyl sites for hydroxylation is 1. The van der Waals surface area contributed by atoms with Crippen molar-refractivity contribution in [2.45, 2.75) is 19.3 Å². The molecule has 0 spiro atoms. The molecular weight excluding hydrogens is 278 g/mol. The van der Waals surface area contributed by atoms with Crippen LogP contribution in [0.4, 0.5) is 0 Å². The molecule has 0 saturated carbocycles. The Morgan fingerprint density at radius 2 is 1.43 bits per heavy atom. The highest BCUT2D eigenvalue weighted by Crippen LogP contribution is 2.50. The molecule has 23 heavy (non-hydrogen) atoms. The zero-order valence-corrected chi connectivity index (χ0v) is 13.7. The molecule has 0 fully saturated rings. The van der Waals surface area contributed by atoms with Gasteiger partial charge in [-0.25, -0.2) is 0 Å². The Morgan fingerprint density at radius 3 is 2.30 bits per heavy atom. The maximum Gasteiger partial charge on any atom is 0.0495 e. The van der Waals surface area contributed by atoms with Crippen molar-refractivity contribution < 1.29 is 0 Å². The molecule has 3 aromatic carbocycles. The van der Waals surface area contributed by atoms with Crippen LogP contribution in [0.1, 0.15) is 25.0 Å². The first-order valence-corrected chi connectivity index (χ1v) is 8.20. The Hall–Kier alpha value is -2.54. The summed E-state index contributed by atoms with van der Waals surface area (Å²) in [5.74, 6) is 0. The molecule has 0 atom stereocenters. The highest BCUT2D eigenvalue weighted by molar-refractivity contribution is 6.10. The van der Waals surface area contributed by atoms with Gasteiger partial charge in [0, 0.05) is 34.3 Å². The van der Waals surface area contributed by atoms with E-state index in [0.29, 0.717) is 0 Å². The van der Waals surface area contributed by atoms with E-state index in [1.807, 2.05) is 0 Å². The van der Waals surface area contributed by atoms with Crippen LogP contribution < -0.4 is 0 Å². The van der Waals surface area contributed by atoms with E-state index < -0.39 is 0 Å². The van der Waals surface area contributed by atoms with Crippen LogP contribution in [-0.2, 0) is 12.5 Å². The minimum Gasteiger partial charge on any atom is -0.344 e. The molecule has 1 nitrogen and oxygen atoms in total. The third-order valence-corrected chi connectivity index (χ3v) is 5.62. The summed E-state index contributed by atoms with van der Waals surface area (Å²) in [4.78, 5) is 0. The van der Waals surface area contributed by atoms with Gasteiger partial charge in [-0.2, -0.15) is 0 Å². The Kier molecular flexibility index (Phi) is 2.28. The zero-order valence-electron chi connectivity index (χ0n) is 13.7. The van der Waals surface area contributed by atoms with Gasteiger partial charge in [0.05, 0.1) is 0 Å². The van der Waals surface area contributed by atoms with Crippen molar-refractivity contribution in [3.8, 4) is 11.1 Å². The molecule has 112 valence electrons. The van der Waals surface area contributed by atoms with Crippen molar-refractivity contribution in [3.05, 3.63) is 71.8 Å². The van der Waals surface area contributed by atoms with Crippen molar-refractivity contribution >= 4 is 21.8 Å². The lowest BCUT2D eigenvalue weighted by Crippen LogP contribution is -2.14. The summed E-state index contributed by atoms with van der Waals surface area (Å²) >= 11 is 0. The number of hydrogen-bond donors (Lipinski definition) is 0. The summed E-state index contributed by atoms with van der Waals surface area (Å²) in [5, 5.41) is 2.71. The number of hydrogen-bond acceptors (Lipinski definition) is 0. The van der Waals surface area contributed by atoms with Crippen LogP contribution in [0.2, 0.25) is 0 Å². The van der Waals surface area contributed by atoms with Crippen molar-refractivity contribution in [2.75, 3.05) is 0 Å². The molecule has 1 heterocycles. The van der Waals surface area contributed by atoms with E-state index >= 15 is 0 Å². The number of nitrogens with zero attached hydrogens (tertiary/aromatic N) is 1. The second-order valence-corrected chi connectivity index (χ2v) is 7.16. The zero-order chi connectivity index (χ0) is 15.8. The Labute approximate surface area is 136 Å². The van der Waals surface area contributed by atoms with Crippen molar-refractivity contribution in [2.24, 2.45) is 7.05 Å². The van der Waals surface area contributed by atoms with E-state index in [1.54, 1.807) is 0 Å². The van der Waals surface area contributed by atoms with Gasteiger partial charge in [0.25, 0.3) is 0 Å². The minimum atomic E-state index is 0.0665. The summed E-state index contributed by atoms with van der Waals surface area (Å²) in [5.41, 5.74) is 8.35. The molecule has 1 heteroatoms. The molecular formula is C22H19N. The fourth-order valence-corrected chi connectivity index (χ4v) is 4.35. The van der Waals surface area contributed by atoms with E-state index in [1.165, 1.54) is 44.1 Å². The number of aromatic nitrogens is 1. The lowest BCUT2D eigenvalue weighted by atomic mass is 9.82. The van der Waals surface area contributed by atoms with Gasteiger partial charge in [-0.1, -0.05) is 56.3 Å². The first kappa shape index (κ1) is 13.0. The highest BCUT2D eigenvalue weighted by atomic mass is 14.9. The van der Waals surface area contributed by atoms with Gasteiger partial charge in [-0.3, -0.25) is 0 Å². The lowest BCUT2D eigenvalue weighted by Gasteiger charge is -2.21. The monoisotopic (exact) mass is 297 g/mol. The second-order valence-electron chi connectivity index (χ2n) is 7.16. The minimum absolute atomic E-state index is 0.0665. The maximum atomic E-state index is 2.42. The summed E-state index contributed by atoms with van der Waals surface area (Å²) < 4.78 is 2.32. The van der Waals surface area contributed by atoms with E-state index in [9.17, 15) is 0 Å². The van der Waals surface area contributed by atoms with E-state index in [4.69, 9.17) is 0 Å². The summed E-state index contributed by atoms with van der Waals surface area (Å²) in [6, 6.07) is 22.3. The van der Waals surface area contributed by atoms with Crippen LogP contribution in [0, 0.1) is 0 Å². The fourth-order valence-electron chi connectivity index (χ4n) is 4.35. The lowest BCUT2D eigenvalue weighted by molar-refractivity contribution is 0.661. The molecule has 0 N–H and O–H groups in total. The van der Waals surface area contributed by atoms with Crippen molar-refractivity contribution in [3.63, 3.8) is 0 Å². The van der Waals surface area contributed by atoms with Crippen LogP contribution in [0.25, 0.3) is 32.9 Å². The molecule has 4 aromatic rings. The second kappa shape index (κ2) is 4.05. The Bertz CT molecular complexity index is 1100. The molecule has 0 aliphatic heterocycles. The third-order valence-electron chi connectivity index (χ3n) is 5.62. The number of para-hydroxylation sites is 1. The molecule has 1 aliphatic rings. The van der Waals surface area contributed by atoms with Gasteiger partial charge in [0.15, 0.2) is 0 Å². The van der Waals surface area contributed by atoms with Crippen LogP contribution >= 0.6 is 0 Å². The molecule has 0 unspecified atom stereocenters. The molecule has 0 radical (unpaired) electrons. The topological polar surface area (TPSA) is 4.93 Å². The standard InChI is InChI=1S/C22H19N/c1-22(2)18-10-6-4-8-14(18)16-13-21-17(12-19(16)22)15-9-5-7-11-20(15)23(21)3/h4-13H,1-3H3. The summed E-state index contributed by atoms with van der Waals surface area (Å²) in [6.45, 7) is 4.68. The molecule has 1 aromatic heterocycles. The Morgan fingerprint density at radius 1 is 0.696 bits per heavy atom. The van der Waals surface area contributed by atoms with Crippen molar-refractivity contribution in [1.82, 2.24) is 4.57 Å². The van der Waals surface area contributed by atoms with E-state index in [-0.39, 0.29) is 5.41 Å². The van der Waals surface area contributed by atoms with Crippen LogP contribution in [-0.4, -0.2) is 4.57 Å². The van der Waals surface area contributed by atoms with E-state index in [2.05, 4.69) is 86.1 Å². The third kappa shape index (κ3) is 1.47. The summed E-state index contributed by atoms with van der Waals surface area (Å²) in [6.07, 6.45) is 0. The number of fused-ring (bicyclic) bond motifs is 6. The number of rotatable bonds is 0. The predicted molar refractivity (Wildman–Crippen MR) is 98.0 cm³/mol. The molecule has 0 saturated heterocycles.